The molecule has 5 heteroatoms. The van der Waals surface area contributed by atoms with Crippen LogP contribution in [0.5, 0.6) is 0 Å². The summed E-state index contributed by atoms with van der Waals surface area (Å²) in [4.78, 5) is 1.25. The number of aryl methyl sites for hydroxylation is 1. The SMILES string of the molecule is S=C(CCCCCCCCCNCCCNC(=S)NCc1ccccc1)CCc1ccccc1. The second-order valence-electron chi connectivity index (χ2n) is 8.95. The summed E-state index contributed by atoms with van der Waals surface area (Å²) in [6, 6.07) is 21.0. The maximum atomic E-state index is 5.56. The first kappa shape index (κ1) is 28.4. The van der Waals surface area contributed by atoms with Gasteiger partial charge >= 0.3 is 0 Å². The highest BCUT2D eigenvalue weighted by atomic mass is 32.1. The highest BCUT2D eigenvalue weighted by Crippen LogP contribution is 2.11. The molecule has 2 aromatic rings. The van der Waals surface area contributed by atoms with Crippen LogP contribution < -0.4 is 16.0 Å². The van der Waals surface area contributed by atoms with Crippen molar-refractivity contribution >= 4 is 34.4 Å². The zero-order valence-electron chi connectivity index (χ0n) is 20.7. The molecule has 2 aromatic carbocycles. The van der Waals surface area contributed by atoms with Crippen LogP contribution in [0.2, 0.25) is 0 Å². The van der Waals surface area contributed by atoms with Gasteiger partial charge in [-0.1, -0.05) is 105 Å². The molecule has 0 fully saturated rings. The molecular formula is C29H43N3S2. The summed E-state index contributed by atoms with van der Waals surface area (Å²) < 4.78 is 0. The Kier molecular flexibility index (Phi) is 16.3. The van der Waals surface area contributed by atoms with E-state index in [2.05, 4.69) is 58.4 Å². The van der Waals surface area contributed by atoms with E-state index < -0.39 is 0 Å². The fraction of sp³-hybridized carbons (Fsp3) is 0.517. The molecule has 0 aliphatic carbocycles. The minimum atomic E-state index is 0.734. The lowest BCUT2D eigenvalue weighted by Crippen LogP contribution is -2.36. The van der Waals surface area contributed by atoms with Gasteiger partial charge in [-0.15, -0.1) is 0 Å². The van der Waals surface area contributed by atoms with Gasteiger partial charge in [0.1, 0.15) is 0 Å². The van der Waals surface area contributed by atoms with E-state index in [9.17, 15) is 0 Å². The Hall–Kier alpha value is -1.82. The van der Waals surface area contributed by atoms with Crippen molar-refractivity contribution in [1.29, 1.82) is 0 Å². The lowest BCUT2D eigenvalue weighted by atomic mass is 10.0. The molecule has 0 atom stereocenters. The summed E-state index contributed by atoms with van der Waals surface area (Å²) in [5.74, 6) is 0. The van der Waals surface area contributed by atoms with Crippen LogP contribution in [0.3, 0.4) is 0 Å². The van der Waals surface area contributed by atoms with Gasteiger partial charge in [0.2, 0.25) is 0 Å². The van der Waals surface area contributed by atoms with E-state index in [-0.39, 0.29) is 0 Å². The van der Waals surface area contributed by atoms with Crippen molar-refractivity contribution in [3.8, 4) is 0 Å². The number of thiocarbonyl (C=S) groups is 2. The van der Waals surface area contributed by atoms with E-state index in [1.807, 2.05) is 18.2 Å². The molecule has 0 bridgehead atoms. The normalized spacial score (nSPS) is 10.7. The minimum Gasteiger partial charge on any atom is -0.363 e. The van der Waals surface area contributed by atoms with E-state index in [0.29, 0.717) is 0 Å². The number of hydrogen-bond donors (Lipinski definition) is 3. The van der Waals surface area contributed by atoms with Gasteiger partial charge in [-0.3, -0.25) is 0 Å². The van der Waals surface area contributed by atoms with Crippen LogP contribution in [-0.2, 0) is 13.0 Å². The molecule has 3 nitrogen and oxygen atoms in total. The molecular weight excluding hydrogens is 454 g/mol. The third kappa shape index (κ3) is 15.2. The molecule has 0 aliphatic rings. The average Bonchev–Trinajstić information content (AvgIpc) is 2.87. The average molecular weight is 498 g/mol. The van der Waals surface area contributed by atoms with E-state index >= 15 is 0 Å². The third-order valence-corrected chi connectivity index (χ3v) is 6.65. The zero-order chi connectivity index (χ0) is 24.1. The van der Waals surface area contributed by atoms with Gasteiger partial charge in [-0.25, -0.2) is 0 Å². The Labute approximate surface area is 218 Å². The highest BCUT2D eigenvalue weighted by Gasteiger charge is 2.00. The van der Waals surface area contributed by atoms with Gasteiger partial charge in [0.25, 0.3) is 0 Å². The first-order chi connectivity index (χ1) is 16.7. The Morgan fingerprint density at radius 1 is 0.559 bits per heavy atom. The summed E-state index contributed by atoms with van der Waals surface area (Å²) in [5.41, 5.74) is 2.64. The molecule has 0 unspecified atom stereocenters. The van der Waals surface area contributed by atoms with Gasteiger partial charge in [0.05, 0.1) is 0 Å². The summed E-state index contributed by atoms with van der Waals surface area (Å²) >= 11 is 10.9. The van der Waals surface area contributed by atoms with Gasteiger partial charge in [0.15, 0.2) is 5.11 Å². The van der Waals surface area contributed by atoms with Crippen LogP contribution in [0.1, 0.15) is 75.3 Å². The van der Waals surface area contributed by atoms with E-state index in [1.165, 1.54) is 60.9 Å². The van der Waals surface area contributed by atoms with Crippen LogP contribution in [0.25, 0.3) is 0 Å². The fourth-order valence-corrected chi connectivity index (χ4v) is 4.31. The van der Waals surface area contributed by atoms with E-state index in [1.54, 1.807) is 0 Å². The van der Waals surface area contributed by atoms with Crippen molar-refractivity contribution < 1.29 is 0 Å². The fourth-order valence-electron chi connectivity index (χ4n) is 3.89. The Balaban J connectivity index is 1.28. The standard InChI is InChI=1S/C29H43N3S2/c33-28(21-20-26-15-8-6-9-16-26)19-12-4-2-1-3-5-13-22-30-23-14-24-31-29(34)32-25-27-17-10-7-11-18-27/h6-11,15-18,30H,1-5,12-14,19-25H2,(H2,31,32,34). The van der Waals surface area contributed by atoms with Crippen LogP contribution in [0.4, 0.5) is 0 Å². The predicted octanol–water partition coefficient (Wildman–Crippen LogP) is 6.75. The van der Waals surface area contributed by atoms with Crippen molar-refractivity contribution in [3.63, 3.8) is 0 Å². The summed E-state index contributed by atoms with van der Waals surface area (Å²) in [6.07, 6.45) is 13.6. The Bertz CT molecular complexity index is 713. The van der Waals surface area contributed by atoms with Crippen molar-refractivity contribution in [2.24, 2.45) is 0 Å². The number of nitrogens with one attached hydrogen (secondary N) is 3. The molecule has 0 aliphatic heterocycles. The Morgan fingerprint density at radius 2 is 1.15 bits per heavy atom. The Morgan fingerprint density at radius 3 is 1.85 bits per heavy atom. The number of rotatable bonds is 19. The minimum absolute atomic E-state index is 0.734. The summed E-state index contributed by atoms with van der Waals surface area (Å²) in [6.45, 7) is 3.83. The second-order valence-corrected chi connectivity index (χ2v) is 9.93. The number of benzene rings is 2. The maximum absolute atomic E-state index is 5.56. The molecule has 0 aromatic heterocycles. The first-order valence-corrected chi connectivity index (χ1v) is 13.9. The maximum Gasteiger partial charge on any atom is 0.166 e. The monoisotopic (exact) mass is 497 g/mol. The molecule has 0 heterocycles. The van der Waals surface area contributed by atoms with E-state index in [0.717, 1.165) is 57.0 Å². The van der Waals surface area contributed by atoms with Gasteiger partial charge in [-0.05, 0) is 79.8 Å². The predicted molar refractivity (Wildman–Crippen MR) is 156 cm³/mol. The smallest absolute Gasteiger partial charge is 0.166 e. The number of unbranched alkanes of at least 4 members (excludes halogenated alkanes) is 6. The molecule has 0 amide bonds. The summed E-state index contributed by atoms with van der Waals surface area (Å²) in [7, 11) is 0. The molecule has 3 N–H and O–H groups in total. The first-order valence-electron chi connectivity index (χ1n) is 13.1. The van der Waals surface area contributed by atoms with Crippen molar-refractivity contribution in [2.75, 3.05) is 19.6 Å². The molecule has 34 heavy (non-hydrogen) atoms. The van der Waals surface area contributed by atoms with Crippen LogP contribution >= 0.6 is 24.4 Å². The molecule has 186 valence electrons. The van der Waals surface area contributed by atoms with Gasteiger partial charge in [0, 0.05) is 13.1 Å². The van der Waals surface area contributed by atoms with Crippen LogP contribution in [0.15, 0.2) is 60.7 Å². The van der Waals surface area contributed by atoms with E-state index in [4.69, 9.17) is 24.4 Å². The van der Waals surface area contributed by atoms with Gasteiger partial charge < -0.3 is 16.0 Å². The molecule has 0 spiro atoms. The second kappa shape index (κ2) is 19.5. The van der Waals surface area contributed by atoms with Gasteiger partial charge in [-0.2, -0.15) is 0 Å². The molecule has 0 saturated carbocycles. The molecule has 2 rings (SSSR count). The number of hydrogen-bond acceptors (Lipinski definition) is 3. The van der Waals surface area contributed by atoms with Crippen molar-refractivity contribution in [3.05, 3.63) is 71.8 Å². The van der Waals surface area contributed by atoms with Crippen LogP contribution in [-0.4, -0.2) is 29.6 Å². The molecule has 0 radical (unpaired) electrons. The van der Waals surface area contributed by atoms with Crippen LogP contribution in [0, 0.1) is 0 Å². The molecule has 0 saturated heterocycles. The third-order valence-electron chi connectivity index (χ3n) is 5.96. The quantitative estimate of drug-likeness (QED) is 0.148. The largest absolute Gasteiger partial charge is 0.363 e. The lowest BCUT2D eigenvalue weighted by Gasteiger charge is -2.11. The lowest BCUT2D eigenvalue weighted by molar-refractivity contribution is 0.553. The summed E-state index contributed by atoms with van der Waals surface area (Å²) in [5, 5.41) is 10.8. The zero-order valence-corrected chi connectivity index (χ0v) is 22.3. The van der Waals surface area contributed by atoms with Crippen molar-refractivity contribution in [2.45, 2.75) is 77.2 Å². The topological polar surface area (TPSA) is 36.1 Å². The van der Waals surface area contributed by atoms with Crippen molar-refractivity contribution in [1.82, 2.24) is 16.0 Å². The highest BCUT2D eigenvalue weighted by molar-refractivity contribution is 7.80.